The molecule has 0 saturated carbocycles. The molecule has 0 fully saturated rings. The molecule has 1 aromatic carbocycles. The fourth-order valence-electron chi connectivity index (χ4n) is 2.75. The van der Waals surface area contributed by atoms with Crippen molar-refractivity contribution in [1.29, 1.82) is 0 Å². The normalized spacial score (nSPS) is 12.9. The molecule has 20 heavy (non-hydrogen) atoms. The Morgan fingerprint density at radius 3 is 2.45 bits per heavy atom. The summed E-state index contributed by atoms with van der Waals surface area (Å²) in [7, 11) is 0. The van der Waals surface area contributed by atoms with Crippen molar-refractivity contribution < 1.29 is 0 Å². The highest BCUT2D eigenvalue weighted by Gasteiger charge is 2.16. The Balaban J connectivity index is 2.81. The molecule has 0 spiro atoms. The number of unbranched alkanes of at least 4 members (excludes halogenated alkanes) is 1. The Morgan fingerprint density at radius 1 is 1.15 bits per heavy atom. The van der Waals surface area contributed by atoms with Crippen LogP contribution < -0.4 is 5.32 Å². The van der Waals surface area contributed by atoms with Crippen molar-refractivity contribution in [3.8, 4) is 0 Å². The van der Waals surface area contributed by atoms with Gasteiger partial charge in [0.2, 0.25) is 0 Å². The summed E-state index contributed by atoms with van der Waals surface area (Å²) in [4.78, 5) is 2.57. The van der Waals surface area contributed by atoms with Crippen molar-refractivity contribution in [3.63, 3.8) is 0 Å². The highest BCUT2D eigenvalue weighted by atomic mass is 15.1. The molecule has 2 nitrogen and oxygen atoms in total. The predicted molar refractivity (Wildman–Crippen MR) is 89.4 cm³/mol. The molecular formula is C18H32N2. The number of nitrogens with zero attached hydrogens (tertiary/aromatic N) is 1. The maximum atomic E-state index is 3.66. The summed E-state index contributed by atoms with van der Waals surface area (Å²) in [5, 5.41) is 3.66. The lowest BCUT2D eigenvalue weighted by Gasteiger charge is -2.28. The van der Waals surface area contributed by atoms with Crippen LogP contribution in [0.1, 0.15) is 56.3 Å². The van der Waals surface area contributed by atoms with Crippen LogP contribution in [0.15, 0.2) is 18.2 Å². The first-order chi connectivity index (χ1) is 9.62. The van der Waals surface area contributed by atoms with Gasteiger partial charge < -0.3 is 10.2 Å². The van der Waals surface area contributed by atoms with E-state index >= 15 is 0 Å². The number of aryl methyl sites for hydroxylation is 2. The number of rotatable bonds is 9. The molecule has 1 N–H and O–H groups in total. The lowest BCUT2D eigenvalue weighted by atomic mass is 9.98. The van der Waals surface area contributed by atoms with Gasteiger partial charge in [-0.3, -0.25) is 0 Å². The number of nitrogens with one attached hydrogen (secondary N) is 1. The Morgan fingerprint density at radius 2 is 1.90 bits per heavy atom. The molecule has 0 saturated heterocycles. The van der Waals surface area contributed by atoms with Crippen LogP contribution in [0.3, 0.4) is 0 Å². The SMILES string of the molecule is CCCCN(CC)CC(NCC)c1ccc(C)cc1C. The predicted octanol–water partition coefficient (Wildman–Crippen LogP) is 4.08. The van der Waals surface area contributed by atoms with Gasteiger partial charge in [-0.25, -0.2) is 0 Å². The summed E-state index contributed by atoms with van der Waals surface area (Å²) >= 11 is 0. The molecule has 0 radical (unpaired) electrons. The fraction of sp³-hybridized carbons (Fsp3) is 0.667. The summed E-state index contributed by atoms with van der Waals surface area (Å²) in [6.07, 6.45) is 2.56. The van der Waals surface area contributed by atoms with Gasteiger partial charge in [0.1, 0.15) is 0 Å². The molecule has 1 unspecified atom stereocenters. The van der Waals surface area contributed by atoms with Gasteiger partial charge in [0.15, 0.2) is 0 Å². The Bertz CT molecular complexity index is 387. The van der Waals surface area contributed by atoms with E-state index in [-0.39, 0.29) is 0 Å². The van der Waals surface area contributed by atoms with Crippen molar-refractivity contribution in [2.45, 2.75) is 53.5 Å². The number of hydrogen-bond acceptors (Lipinski definition) is 2. The van der Waals surface area contributed by atoms with E-state index in [9.17, 15) is 0 Å². The topological polar surface area (TPSA) is 15.3 Å². The minimum absolute atomic E-state index is 0.442. The second-order valence-corrected chi connectivity index (χ2v) is 5.72. The average Bonchev–Trinajstić information content (AvgIpc) is 2.42. The van der Waals surface area contributed by atoms with Crippen molar-refractivity contribution in [2.24, 2.45) is 0 Å². The standard InChI is InChI=1S/C18H32N2/c1-6-9-12-20(8-3)14-18(19-7-2)17-11-10-15(4)13-16(17)5/h10-11,13,18-19H,6-9,12,14H2,1-5H3. The Labute approximate surface area is 125 Å². The third-order valence-electron chi connectivity index (χ3n) is 3.97. The van der Waals surface area contributed by atoms with Crippen molar-refractivity contribution in [2.75, 3.05) is 26.2 Å². The highest BCUT2D eigenvalue weighted by Crippen LogP contribution is 2.20. The Hall–Kier alpha value is -0.860. The van der Waals surface area contributed by atoms with Gasteiger partial charge in [-0.15, -0.1) is 0 Å². The van der Waals surface area contributed by atoms with Crippen LogP contribution in [-0.2, 0) is 0 Å². The van der Waals surface area contributed by atoms with Crippen molar-refractivity contribution in [3.05, 3.63) is 34.9 Å². The fourth-order valence-corrected chi connectivity index (χ4v) is 2.75. The van der Waals surface area contributed by atoms with Crippen LogP contribution in [0.4, 0.5) is 0 Å². The summed E-state index contributed by atoms with van der Waals surface area (Å²) < 4.78 is 0. The molecule has 0 aliphatic carbocycles. The number of hydrogen-bond donors (Lipinski definition) is 1. The van der Waals surface area contributed by atoms with Gasteiger partial charge in [0.05, 0.1) is 0 Å². The van der Waals surface area contributed by atoms with E-state index in [4.69, 9.17) is 0 Å². The van der Waals surface area contributed by atoms with Crippen LogP contribution in [0.25, 0.3) is 0 Å². The maximum Gasteiger partial charge on any atom is 0.0451 e. The van der Waals surface area contributed by atoms with Crippen molar-refractivity contribution >= 4 is 0 Å². The molecule has 1 rings (SSSR count). The van der Waals surface area contributed by atoms with E-state index < -0.39 is 0 Å². The van der Waals surface area contributed by atoms with E-state index in [1.165, 1.54) is 36.1 Å². The monoisotopic (exact) mass is 276 g/mol. The molecule has 1 atom stereocenters. The lowest BCUT2D eigenvalue weighted by Crippen LogP contribution is -2.36. The van der Waals surface area contributed by atoms with Gasteiger partial charge in [-0.1, -0.05) is 51.0 Å². The van der Waals surface area contributed by atoms with E-state index in [2.05, 4.69) is 63.0 Å². The quantitative estimate of drug-likeness (QED) is 0.731. The average molecular weight is 276 g/mol. The van der Waals surface area contributed by atoms with Gasteiger partial charge in [0, 0.05) is 12.6 Å². The minimum Gasteiger partial charge on any atom is -0.309 e. The molecule has 0 heterocycles. The molecule has 2 heteroatoms. The molecule has 0 aromatic heterocycles. The zero-order valence-electron chi connectivity index (χ0n) is 14.0. The second kappa shape index (κ2) is 9.15. The molecule has 0 amide bonds. The van der Waals surface area contributed by atoms with Gasteiger partial charge in [-0.05, 0) is 51.0 Å². The number of benzene rings is 1. The smallest absolute Gasteiger partial charge is 0.0451 e. The van der Waals surface area contributed by atoms with Crippen LogP contribution in [0.2, 0.25) is 0 Å². The summed E-state index contributed by atoms with van der Waals surface area (Å²) in [5.41, 5.74) is 4.20. The summed E-state index contributed by atoms with van der Waals surface area (Å²) in [5.74, 6) is 0. The first kappa shape index (κ1) is 17.2. The van der Waals surface area contributed by atoms with Crippen LogP contribution in [0, 0.1) is 13.8 Å². The van der Waals surface area contributed by atoms with E-state index in [1.807, 2.05) is 0 Å². The molecule has 0 bridgehead atoms. The van der Waals surface area contributed by atoms with Gasteiger partial charge in [-0.2, -0.15) is 0 Å². The first-order valence-electron chi connectivity index (χ1n) is 8.15. The second-order valence-electron chi connectivity index (χ2n) is 5.72. The van der Waals surface area contributed by atoms with Crippen molar-refractivity contribution in [1.82, 2.24) is 10.2 Å². The first-order valence-corrected chi connectivity index (χ1v) is 8.15. The largest absolute Gasteiger partial charge is 0.309 e. The molecule has 0 aliphatic rings. The van der Waals surface area contributed by atoms with Gasteiger partial charge >= 0.3 is 0 Å². The van der Waals surface area contributed by atoms with E-state index in [1.54, 1.807) is 0 Å². The summed E-state index contributed by atoms with van der Waals surface area (Å²) in [6.45, 7) is 15.6. The third kappa shape index (κ3) is 5.26. The van der Waals surface area contributed by atoms with E-state index in [0.717, 1.165) is 19.6 Å². The van der Waals surface area contributed by atoms with E-state index in [0.29, 0.717) is 6.04 Å². The van der Waals surface area contributed by atoms with Gasteiger partial charge in [0.25, 0.3) is 0 Å². The molecule has 114 valence electrons. The zero-order chi connectivity index (χ0) is 15.0. The van der Waals surface area contributed by atoms with Crippen LogP contribution >= 0.6 is 0 Å². The molecule has 1 aromatic rings. The molecule has 0 aliphatic heterocycles. The lowest BCUT2D eigenvalue weighted by molar-refractivity contribution is 0.251. The highest BCUT2D eigenvalue weighted by molar-refractivity contribution is 5.33. The van der Waals surface area contributed by atoms with Crippen LogP contribution in [0.5, 0.6) is 0 Å². The maximum absolute atomic E-state index is 3.66. The van der Waals surface area contributed by atoms with Crippen LogP contribution in [-0.4, -0.2) is 31.1 Å². The number of likely N-dealkylation sites (N-methyl/N-ethyl adjacent to an activating group) is 2. The zero-order valence-corrected chi connectivity index (χ0v) is 14.0. The molecular weight excluding hydrogens is 244 g/mol. The minimum atomic E-state index is 0.442. The third-order valence-corrected chi connectivity index (χ3v) is 3.97. The Kier molecular flexibility index (Phi) is 7.86. The summed E-state index contributed by atoms with van der Waals surface area (Å²) in [6, 6.07) is 7.26.